The van der Waals surface area contributed by atoms with Crippen LogP contribution in [-0.4, -0.2) is 19.5 Å². The number of carbonyl (C=O) groups is 1. The Bertz CT molecular complexity index is 134. The van der Waals surface area contributed by atoms with Gasteiger partial charge in [0.15, 0.2) is 0 Å². The molecule has 0 saturated carbocycles. The second-order valence-electron chi connectivity index (χ2n) is 4.04. The van der Waals surface area contributed by atoms with Gasteiger partial charge in [0.25, 0.3) is 0 Å². The lowest BCUT2D eigenvalue weighted by Gasteiger charge is -2.19. The number of rotatable bonds is 3. The molecule has 2 nitrogen and oxygen atoms in total. The molecule has 64 valence electrons. The van der Waals surface area contributed by atoms with Gasteiger partial charge in [-0.25, -0.2) is 0 Å². The monoisotopic (exact) mass is 156 g/mol. The Labute approximate surface area is 67.9 Å². The fourth-order valence-electron chi connectivity index (χ4n) is 1.54. The van der Waals surface area contributed by atoms with Gasteiger partial charge in [-0.2, -0.15) is 0 Å². The van der Waals surface area contributed by atoms with Gasteiger partial charge in [-0.15, -0.1) is 0 Å². The summed E-state index contributed by atoms with van der Waals surface area (Å²) in [5.41, 5.74) is -0.154. The molecule has 1 atom stereocenters. The third kappa shape index (κ3) is 2.62. The van der Waals surface area contributed by atoms with Crippen molar-refractivity contribution in [2.45, 2.75) is 26.7 Å². The average Bonchev–Trinajstić information content (AvgIpc) is 2.39. The minimum Gasteiger partial charge on any atom is -0.381 e. The van der Waals surface area contributed by atoms with E-state index in [2.05, 4.69) is 0 Å². The summed E-state index contributed by atoms with van der Waals surface area (Å²) in [6.45, 7) is 5.69. The van der Waals surface area contributed by atoms with Gasteiger partial charge < -0.3 is 9.53 Å². The van der Waals surface area contributed by atoms with Gasteiger partial charge in [-0.05, 0) is 18.8 Å². The van der Waals surface area contributed by atoms with Crippen LogP contribution in [0.3, 0.4) is 0 Å². The molecule has 2 heteroatoms. The minimum atomic E-state index is -0.154. The van der Waals surface area contributed by atoms with Crippen molar-refractivity contribution in [3.05, 3.63) is 0 Å². The average molecular weight is 156 g/mol. The van der Waals surface area contributed by atoms with Crippen molar-refractivity contribution in [2.24, 2.45) is 11.3 Å². The van der Waals surface area contributed by atoms with Gasteiger partial charge in [0.2, 0.25) is 0 Å². The Morgan fingerprint density at radius 1 is 1.64 bits per heavy atom. The van der Waals surface area contributed by atoms with Crippen LogP contribution in [0, 0.1) is 11.3 Å². The van der Waals surface area contributed by atoms with E-state index in [1.54, 1.807) is 0 Å². The molecular formula is C9H16O2. The highest BCUT2D eigenvalue weighted by atomic mass is 16.5. The maximum Gasteiger partial charge on any atom is 0.125 e. The number of hydrogen-bond acceptors (Lipinski definition) is 2. The molecule has 0 bridgehead atoms. The molecule has 0 spiro atoms. The van der Waals surface area contributed by atoms with Crippen LogP contribution < -0.4 is 0 Å². The lowest BCUT2D eigenvalue weighted by atomic mass is 9.84. The first kappa shape index (κ1) is 8.72. The van der Waals surface area contributed by atoms with E-state index >= 15 is 0 Å². The van der Waals surface area contributed by atoms with Gasteiger partial charge >= 0.3 is 0 Å². The van der Waals surface area contributed by atoms with Crippen LogP contribution in [0.1, 0.15) is 26.7 Å². The molecule has 1 aliphatic heterocycles. The first-order valence-corrected chi connectivity index (χ1v) is 4.18. The number of aldehydes is 1. The van der Waals surface area contributed by atoms with Gasteiger partial charge in [-0.1, -0.05) is 13.8 Å². The molecule has 1 rings (SSSR count). The zero-order chi connectivity index (χ0) is 8.32. The summed E-state index contributed by atoms with van der Waals surface area (Å²) in [5.74, 6) is 0.607. The third-order valence-electron chi connectivity index (χ3n) is 2.16. The van der Waals surface area contributed by atoms with Crippen LogP contribution in [-0.2, 0) is 9.53 Å². The van der Waals surface area contributed by atoms with Crippen molar-refractivity contribution in [3.63, 3.8) is 0 Å². The highest BCUT2D eigenvalue weighted by molar-refractivity contribution is 5.57. The topological polar surface area (TPSA) is 26.3 Å². The predicted molar refractivity (Wildman–Crippen MR) is 43.4 cm³/mol. The Balaban J connectivity index is 2.33. The van der Waals surface area contributed by atoms with E-state index in [0.717, 1.165) is 32.3 Å². The summed E-state index contributed by atoms with van der Waals surface area (Å²) < 4.78 is 5.23. The molecular weight excluding hydrogens is 140 g/mol. The maximum atomic E-state index is 10.6. The van der Waals surface area contributed by atoms with Crippen molar-refractivity contribution in [3.8, 4) is 0 Å². The normalized spacial score (nSPS) is 25.5. The highest BCUT2D eigenvalue weighted by Gasteiger charge is 2.25. The summed E-state index contributed by atoms with van der Waals surface area (Å²) in [5, 5.41) is 0. The second kappa shape index (κ2) is 3.35. The van der Waals surface area contributed by atoms with E-state index in [-0.39, 0.29) is 5.41 Å². The standard InChI is InChI=1S/C9H16O2/c1-9(2,7-10)5-8-3-4-11-6-8/h7-8H,3-6H2,1-2H3/t8-/m0/s1. The highest BCUT2D eigenvalue weighted by Crippen LogP contribution is 2.27. The van der Waals surface area contributed by atoms with E-state index in [1.165, 1.54) is 0 Å². The SMILES string of the molecule is CC(C)(C=O)C[C@@H]1CCOC1. The Morgan fingerprint density at radius 3 is 2.82 bits per heavy atom. The van der Waals surface area contributed by atoms with Crippen LogP contribution in [0.2, 0.25) is 0 Å². The molecule has 0 N–H and O–H groups in total. The molecule has 1 saturated heterocycles. The molecule has 0 amide bonds. The number of hydrogen-bond donors (Lipinski definition) is 0. The van der Waals surface area contributed by atoms with Crippen LogP contribution in [0.15, 0.2) is 0 Å². The fraction of sp³-hybridized carbons (Fsp3) is 0.889. The van der Waals surface area contributed by atoms with Crippen molar-refractivity contribution in [1.29, 1.82) is 0 Å². The van der Waals surface area contributed by atoms with E-state index in [9.17, 15) is 4.79 Å². The van der Waals surface area contributed by atoms with Crippen LogP contribution in [0.25, 0.3) is 0 Å². The molecule has 0 aromatic rings. The van der Waals surface area contributed by atoms with E-state index in [1.807, 2.05) is 13.8 Å². The van der Waals surface area contributed by atoms with Crippen LogP contribution >= 0.6 is 0 Å². The van der Waals surface area contributed by atoms with Crippen molar-refractivity contribution >= 4 is 6.29 Å². The van der Waals surface area contributed by atoms with Crippen molar-refractivity contribution < 1.29 is 9.53 Å². The molecule has 0 radical (unpaired) electrons. The van der Waals surface area contributed by atoms with Crippen LogP contribution in [0.4, 0.5) is 0 Å². The minimum absolute atomic E-state index is 0.154. The summed E-state index contributed by atoms with van der Waals surface area (Å²) in [7, 11) is 0. The van der Waals surface area contributed by atoms with Crippen molar-refractivity contribution in [2.75, 3.05) is 13.2 Å². The van der Waals surface area contributed by atoms with Crippen LogP contribution in [0.5, 0.6) is 0 Å². The fourth-order valence-corrected chi connectivity index (χ4v) is 1.54. The molecule has 0 aliphatic carbocycles. The summed E-state index contributed by atoms with van der Waals surface area (Å²) in [4.78, 5) is 10.6. The number of carbonyl (C=O) groups excluding carboxylic acids is 1. The Kier molecular flexibility index (Phi) is 2.66. The second-order valence-corrected chi connectivity index (χ2v) is 4.04. The van der Waals surface area contributed by atoms with Gasteiger partial charge in [0.05, 0.1) is 0 Å². The Morgan fingerprint density at radius 2 is 2.36 bits per heavy atom. The Hall–Kier alpha value is -0.370. The lowest BCUT2D eigenvalue weighted by molar-refractivity contribution is -0.115. The maximum absolute atomic E-state index is 10.6. The molecule has 1 heterocycles. The van der Waals surface area contributed by atoms with E-state index in [4.69, 9.17) is 4.74 Å². The van der Waals surface area contributed by atoms with Gasteiger partial charge in [0.1, 0.15) is 6.29 Å². The van der Waals surface area contributed by atoms with Crippen molar-refractivity contribution in [1.82, 2.24) is 0 Å². The van der Waals surface area contributed by atoms with E-state index in [0.29, 0.717) is 5.92 Å². The summed E-state index contributed by atoms with van der Waals surface area (Å²) in [6, 6.07) is 0. The van der Waals surface area contributed by atoms with E-state index < -0.39 is 0 Å². The third-order valence-corrected chi connectivity index (χ3v) is 2.16. The predicted octanol–water partition coefficient (Wildman–Crippen LogP) is 1.64. The molecule has 0 aromatic carbocycles. The quantitative estimate of drug-likeness (QED) is 0.581. The van der Waals surface area contributed by atoms with Gasteiger partial charge in [-0.3, -0.25) is 0 Å². The molecule has 11 heavy (non-hydrogen) atoms. The zero-order valence-corrected chi connectivity index (χ0v) is 7.30. The number of ether oxygens (including phenoxy) is 1. The molecule has 1 aliphatic rings. The molecule has 0 unspecified atom stereocenters. The molecule has 1 fully saturated rings. The zero-order valence-electron chi connectivity index (χ0n) is 7.30. The largest absolute Gasteiger partial charge is 0.381 e. The smallest absolute Gasteiger partial charge is 0.125 e. The van der Waals surface area contributed by atoms with Gasteiger partial charge in [0, 0.05) is 18.6 Å². The first-order chi connectivity index (χ1) is 5.14. The summed E-state index contributed by atoms with van der Waals surface area (Å²) >= 11 is 0. The lowest BCUT2D eigenvalue weighted by Crippen LogP contribution is -2.18. The molecule has 0 aromatic heterocycles. The summed E-state index contributed by atoms with van der Waals surface area (Å²) in [6.07, 6.45) is 3.14. The first-order valence-electron chi connectivity index (χ1n) is 4.18.